The van der Waals surface area contributed by atoms with Gasteiger partial charge in [0.1, 0.15) is 0 Å². The molecule has 0 radical (unpaired) electrons. The van der Waals surface area contributed by atoms with Crippen LogP contribution in [-0.2, 0) is 4.74 Å². The maximum Gasteiger partial charge on any atom is 0.338 e. The number of esters is 1. The van der Waals surface area contributed by atoms with Crippen molar-refractivity contribution in [1.29, 1.82) is 0 Å². The molecule has 0 aliphatic carbocycles. The summed E-state index contributed by atoms with van der Waals surface area (Å²) >= 11 is 0. The van der Waals surface area contributed by atoms with Crippen molar-refractivity contribution < 1.29 is 9.53 Å². The normalized spacial score (nSPS) is 10.5. The number of rotatable bonds is 3. The van der Waals surface area contributed by atoms with Gasteiger partial charge in [0.25, 0.3) is 0 Å². The lowest BCUT2D eigenvalue weighted by molar-refractivity contribution is 0.0378. The van der Waals surface area contributed by atoms with Crippen molar-refractivity contribution in [3.05, 3.63) is 54.1 Å². The Bertz CT molecular complexity index is 574. The predicted molar refractivity (Wildman–Crippen MR) is 76.8 cm³/mol. The molecule has 3 heteroatoms. The van der Waals surface area contributed by atoms with Gasteiger partial charge in [-0.1, -0.05) is 24.3 Å². The van der Waals surface area contributed by atoms with E-state index in [1.165, 1.54) is 0 Å². The molecule has 0 bridgehead atoms. The maximum absolute atomic E-state index is 11.7. The first-order chi connectivity index (χ1) is 9.06. The summed E-state index contributed by atoms with van der Waals surface area (Å²) in [5, 5.41) is 0. The molecule has 98 valence electrons. The van der Waals surface area contributed by atoms with Crippen LogP contribution < -0.4 is 5.73 Å². The third kappa shape index (κ3) is 3.35. The molecule has 0 aliphatic rings. The van der Waals surface area contributed by atoms with Crippen LogP contribution in [0, 0.1) is 0 Å². The predicted octanol–water partition coefficient (Wildman–Crippen LogP) is 3.50. The summed E-state index contributed by atoms with van der Waals surface area (Å²) in [6, 6.07) is 15.0. The van der Waals surface area contributed by atoms with Crippen LogP contribution in [0.15, 0.2) is 48.5 Å². The van der Waals surface area contributed by atoms with E-state index in [1.54, 1.807) is 12.1 Å². The number of anilines is 1. The van der Waals surface area contributed by atoms with Gasteiger partial charge in [-0.25, -0.2) is 4.79 Å². The van der Waals surface area contributed by atoms with E-state index in [9.17, 15) is 4.79 Å². The second kappa shape index (κ2) is 5.57. The van der Waals surface area contributed by atoms with E-state index in [-0.39, 0.29) is 12.1 Å². The molecule has 2 aromatic rings. The van der Waals surface area contributed by atoms with Crippen molar-refractivity contribution in [1.82, 2.24) is 0 Å². The van der Waals surface area contributed by atoms with Crippen molar-refractivity contribution in [2.75, 3.05) is 5.73 Å². The molecule has 2 aromatic carbocycles. The van der Waals surface area contributed by atoms with Gasteiger partial charge in [0.2, 0.25) is 0 Å². The minimum Gasteiger partial charge on any atom is -0.459 e. The average molecular weight is 255 g/mol. The Hall–Kier alpha value is -2.29. The van der Waals surface area contributed by atoms with Gasteiger partial charge >= 0.3 is 5.97 Å². The first-order valence-corrected chi connectivity index (χ1v) is 6.23. The molecule has 2 N–H and O–H groups in total. The number of ether oxygens (including phenoxy) is 1. The molecule has 0 spiro atoms. The fourth-order valence-electron chi connectivity index (χ4n) is 1.80. The van der Waals surface area contributed by atoms with Crippen molar-refractivity contribution in [2.45, 2.75) is 20.0 Å². The molecule has 0 saturated heterocycles. The van der Waals surface area contributed by atoms with Crippen molar-refractivity contribution in [3.8, 4) is 11.1 Å². The SMILES string of the molecule is CC(C)OC(=O)c1ccc(-c2cccc(N)c2)cc1. The van der Waals surface area contributed by atoms with E-state index >= 15 is 0 Å². The molecular weight excluding hydrogens is 238 g/mol. The highest BCUT2D eigenvalue weighted by Gasteiger charge is 2.09. The Kier molecular flexibility index (Phi) is 3.85. The Morgan fingerprint density at radius 3 is 2.32 bits per heavy atom. The topological polar surface area (TPSA) is 52.3 Å². The first-order valence-electron chi connectivity index (χ1n) is 6.23. The summed E-state index contributed by atoms with van der Waals surface area (Å²) in [4.78, 5) is 11.7. The van der Waals surface area contributed by atoms with E-state index in [1.807, 2.05) is 50.2 Å². The number of hydrogen-bond donors (Lipinski definition) is 1. The number of nitrogen functional groups attached to an aromatic ring is 1. The lowest BCUT2D eigenvalue weighted by Crippen LogP contribution is -2.11. The standard InChI is InChI=1S/C16H17NO2/c1-11(2)19-16(18)13-8-6-12(7-9-13)14-4-3-5-15(17)10-14/h3-11H,17H2,1-2H3. The molecule has 0 aliphatic heterocycles. The minimum absolute atomic E-state index is 0.110. The van der Waals surface area contributed by atoms with Gasteiger partial charge in [0, 0.05) is 5.69 Å². The smallest absolute Gasteiger partial charge is 0.338 e. The monoisotopic (exact) mass is 255 g/mol. The van der Waals surface area contributed by atoms with E-state index in [0.29, 0.717) is 5.56 Å². The van der Waals surface area contributed by atoms with Crippen LogP contribution >= 0.6 is 0 Å². The van der Waals surface area contributed by atoms with E-state index in [0.717, 1.165) is 16.8 Å². The highest BCUT2D eigenvalue weighted by molar-refractivity contribution is 5.90. The summed E-state index contributed by atoms with van der Waals surface area (Å²) in [5.41, 5.74) is 9.09. The van der Waals surface area contributed by atoms with Gasteiger partial charge in [0.15, 0.2) is 0 Å². The molecule has 0 saturated carbocycles. The third-order valence-electron chi connectivity index (χ3n) is 2.68. The van der Waals surface area contributed by atoms with E-state index in [2.05, 4.69) is 0 Å². The molecule has 0 aromatic heterocycles. The zero-order valence-corrected chi connectivity index (χ0v) is 11.1. The molecule has 0 amide bonds. The number of carbonyl (C=O) groups excluding carboxylic acids is 1. The third-order valence-corrected chi connectivity index (χ3v) is 2.68. The molecule has 0 heterocycles. The lowest BCUT2D eigenvalue weighted by Gasteiger charge is -2.08. The van der Waals surface area contributed by atoms with Crippen molar-refractivity contribution in [2.24, 2.45) is 0 Å². The Morgan fingerprint density at radius 2 is 1.74 bits per heavy atom. The number of benzene rings is 2. The molecule has 0 fully saturated rings. The molecular formula is C16H17NO2. The second-order valence-corrected chi connectivity index (χ2v) is 4.66. The highest BCUT2D eigenvalue weighted by Crippen LogP contribution is 2.22. The molecule has 19 heavy (non-hydrogen) atoms. The van der Waals surface area contributed by atoms with Crippen LogP contribution in [0.2, 0.25) is 0 Å². The van der Waals surface area contributed by atoms with Gasteiger partial charge in [-0.2, -0.15) is 0 Å². The van der Waals surface area contributed by atoms with Crippen LogP contribution in [0.1, 0.15) is 24.2 Å². The van der Waals surface area contributed by atoms with Gasteiger partial charge < -0.3 is 10.5 Å². The minimum atomic E-state index is -0.297. The number of nitrogens with two attached hydrogens (primary N) is 1. The zero-order chi connectivity index (χ0) is 13.8. The second-order valence-electron chi connectivity index (χ2n) is 4.66. The summed E-state index contributed by atoms with van der Waals surface area (Å²) < 4.78 is 5.14. The quantitative estimate of drug-likeness (QED) is 0.674. The van der Waals surface area contributed by atoms with Crippen molar-refractivity contribution in [3.63, 3.8) is 0 Å². The van der Waals surface area contributed by atoms with Crippen LogP contribution in [0.4, 0.5) is 5.69 Å². The number of carbonyl (C=O) groups is 1. The summed E-state index contributed by atoms with van der Waals surface area (Å²) in [6.07, 6.45) is -0.110. The maximum atomic E-state index is 11.7. The summed E-state index contributed by atoms with van der Waals surface area (Å²) in [7, 11) is 0. The Balaban J connectivity index is 2.21. The molecule has 0 atom stereocenters. The summed E-state index contributed by atoms with van der Waals surface area (Å²) in [5.74, 6) is -0.297. The van der Waals surface area contributed by atoms with Gasteiger partial charge in [-0.3, -0.25) is 0 Å². The van der Waals surface area contributed by atoms with Crippen LogP contribution in [-0.4, -0.2) is 12.1 Å². The highest BCUT2D eigenvalue weighted by atomic mass is 16.5. The van der Waals surface area contributed by atoms with Crippen LogP contribution in [0.5, 0.6) is 0 Å². The Labute approximate surface area is 113 Å². The van der Waals surface area contributed by atoms with Gasteiger partial charge in [-0.15, -0.1) is 0 Å². The molecule has 2 rings (SSSR count). The van der Waals surface area contributed by atoms with Gasteiger partial charge in [0.05, 0.1) is 11.7 Å². The van der Waals surface area contributed by atoms with E-state index in [4.69, 9.17) is 10.5 Å². The van der Waals surface area contributed by atoms with Crippen molar-refractivity contribution >= 4 is 11.7 Å². The molecule has 3 nitrogen and oxygen atoms in total. The summed E-state index contributed by atoms with van der Waals surface area (Å²) in [6.45, 7) is 3.66. The largest absolute Gasteiger partial charge is 0.459 e. The van der Waals surface area contributed by atoms with Gasteiger partial charge in [-0.05, 0) is 49.2 Å². The first kappa shape index (κ1) is 13.1. The van der Waals surface area contributed by atoms with Crippen LogP contribution in [0.3, 0.4) is 0 Å². The number of hydrogen-bond acceptors (Lipinski definition) is 3. The average Bonchev–Trinajstić information content (AvgIpc) is 2.38. The van der Waals surface area contributed by atoms with E-state index < -0.39 is 0 Å². The fraction of sp³-hybridized carbons (Fsp3) is 0.188. The lowest BCUT2D eigenvalue weighted by atomic mass is 10.0. The zero-order valence-electron chi connectivity index (χ0n) is 11.1. The molecule has 0 unspecified atom stereocenters. The Morgan fingerprint density at radius 1 is 1.05 bits per heavy atom. The fourth-order valence-corrected chi connectivity index (χ4v) is 1.80. The van der Waals surface area contributed by atoms with Crippen LogP contribution in [0.25, 0.3) is 11.1 Å².